The molecule has 0 saturated heterocycles. The standard InChI is InChI=1S/C35H36F4N2O5.Na/c1-21(2)41-29(16-15-27(42)18-28(43)19-30(44)45)31(24-11-13-26(36)14-12-24)32(23-8-4-3-5-9-23)33(41)34(46)40-20-22-7-6-10-25(17-22)35(37,38)39;/h3-14,17,21,27-28,42-43H,15-16,18-20H2,1-2H3,(H,40,46)(H,44,45);/q;+1/p-1/t27-,28-;/m1./s1. The van der Waals surface area contributed by atoms with Crippen LogP contribution in [0.5, 0.6) is 0 Å². The molecule has 3 N–H and O–H groups in total. The number of benzene rings is 3. The van der Waals surface area contributed by atoms with Crippen molar-refractivity contribution in [2.75, 3.05) is 0 Å². The quantitative estimate of drug-likeness (QED) is 0.151. The van der Waals surface area contributed by atoms with Gasteiger partial charge in [-0.1, -0.05) is 54.6 Å². The number of halogens is 4. The van der Waals surface area contributed by atoms with Gasteiger partial charge in [0.05, 0.1) is 17.8 Å². The van der Waals surface area contributed by atoms with E-state index in [0.29, 0.717) is 27.9 Å². The second-order valence-electron chi connectivity index (χ2n) is 11.4. The van der Waals surface area contributed by atoms with Crippen molar-refractivity contribution in [1.82, 2.24) is 9.88 Å². The Hall–Kier alpha value is -3.48. The predicted molar refractivity (Wildman–Crippen MR) is 163 cm³/mol. The molecular formula is C35H35F4N2NaO5. The van der Waals surface area contributed by atoms with E-state index in [9.17, 15) is 42.5 Å². The smallest absolute Gasteiger partial charge is 0.550 e. The normalized spacial score (nSPS) is 12.8. The molecule has 2 atom stereocenters. The molecule has 0 radical (unpaired) electrons. The predicted octanol–water partition coefficient (Wildman–Crippen LogP) is 2.68. The summed E-state index contributed by atoms with van der Waals surface area (Å²) in [5, 5.41) is 34.4. The van der Waals surface area contributed by atoms with Crippen LogP contribution in [0.4, 0.5) is 17.6 Å². The van der Waals surface area contributed by atoms with E-state index < -0.39 is 48.1 Å². The van der Waals surface area contributed by atoms with Gasteiger partial charge in [-0.25, -0.2) is 4.39 Å². The van der Waals surface area contributed by atoms with Crippen molar-refractivity contribution >= 4 is 11.9 Å². The Bertz CT molecular complexity index is 1660. The number of rotatable bonds is 13. The summed E-state index contributed by atoms with van der Waals surface area (Å²) in [7, 11) is 0. The average molecular weight is 663 g/mol. The number of nitrogens with zero attached hydrogens (tertiary/aromatic N) is 1. The van der Waals surface area contributed by atoms with E-state index in [2.05, 4.69) is 5.32 Å². The summed E-state index contributed by atoms with van der Waals surface area (Å²) >= 11 is 0. The maximum Gasteiger partial charge on any atom is 1.00 e. The monoisotopic (exact) mass is 662 g/mol. The van der Waals surface area contributed by atoms with E-state index in [4.69, 9.17) is 0 Å². The van der Waals surface area contributed by atoms with Crippen LogP contribution in [0.1, 0.15) is 66.5 Å². The number of nitrogens with one attached hydrogen (secondary N) is 1. The molecule has 0 aliphatic carbocycles. The number of carboxylic acid groups (broad SMARTS) is 1. The first-order valence-corrected chi connectivity index (χ1v) is 14.8. The molecule has 1 aromatic heterocycles. The van der Waals surface area contributed by atoms with Gasteiger partial charge in [0, 0.05) is 41.8 Å². The second kappa shape index (κ2) is 16.6. The van der Waals surface area contributed by atoms with E-state index in [1.807, 2.05) is 32.0 Å². The number of aliphatic hydroxyl groups is 2. The van der Waals surface area contributed by atoms with E-state index in [0.717, 1.165) is 12.1 Å². The van der Waals surface area contributed by atoms with Gasteiger partial charge >= 0.3 is 35.7 Å². The molecule has 1 heterocycles. The third kappa shape index (κ3) is 9.77. The van der Waals surface area contributed by atoms with E-state index >= 15 is 0 Å². The number of aliphatic hydroxyl groups excluding tert-OH is 2. The van der Waals surface area contributed by atoms with Crippen molar-refractivity contribution < 1.29 is 72.0 Å². The van der Waals surface area contributed by atoms with Crippen LogP contribution < -0.4 is 40.0 Å². The first-order chi connectivity index (χ1) is 21.8. The minimum absolute atomic E-state index is 0. The topological polar surface area (TPSA) is 115 Å². The van der Waals surface area contributed by atoms with Crippen LogP contribution in [0.15, 0.2) is 78.9 Å². The van der Waals surface area contributed by atoms with Gasteiger partial charge in [0.15, 0.2) is 0 Å². The zero-order chi connectivity index (χ0) is 33.6. The second-order valence-corrected chi connectivity index (χ2v) is 11.4. The molecule has 0 aliphatic rings. The SMILES string of the molecule is CC(C)n1c(CC[C@@H](O)C[C@@H](O)CC(=O)[O-])c(-c2ccc(F)cc2)c(-c2ccccc2)c1C(=O)NCc1cccc(C(F)(F)F)c1.[Na+]. The number of amides is 1. The number of hydrogen-bond donors (Lipinski definition) is 3. The van der Waals surface area contributed by atoms with Crippen molar-refractivity contribution in [1.29, 1.82) is 0 Å². The zero-order valence-corrected chi connectivity index (χ0v) is 28.4. The molecular weight excluding hydrogens is 627 g/mol. The van der Waals surface area contributed by atoms with E-state index in [1.54, 1.807) is 28.8 Å². The molecule has 0 spiro atoms. The van der Waals surface area contributed by atoms with Crippen molar-refractivity contribution in [2.45, 2.75) is 70.5 Å². The van der Waals surface area contributed by atoms with E-state index in [-0.39, 0.29) is 72.7 Å². The van der Waals surface area contributed by atoms with Crippen LogP contribution in [0.25, 0.3) is 22.3 Å². The van der Waals surface area contributed by atoms with Crippen LogP contribution in [-0.2, 0) is 23.9 Å². The minimum Gasteiger partial charge on any atom is -0.550 e. The number of carboxylic acids is 1. The van der Waals surface area contributed by atoms with Gasteiger partial charge < -0.3 is 30.0 Å². The summed E-state index contributed by atoms with van der Waals surface area (Å²) < 4.78 is 55.8. The molecule has 0 unspecified atom stereocenters. The molecule has 0 fully saturated rings. The largest absolute Gasteiger partial charge is 1.00 e. The molecule has 1 amide bonds. The number of aliphatic carboxylic acids is 1. The number of carbonyl (C=O) groups excluding carboxylic acids is 2. The summed E-state index contributed by atoms with van der Waals surface area (Å²) in [6, 6.07) is 19.1. The fourth-order valence-corrected chi connectivity index (χ4v) is 5.62. The van der Waals surface area contributed by atoms with Gasteiger partial charge in [-0.2, -0.15) is 13.2 Å². The molecule has 244 valence electrons. The van der Waals surface area contributed by atoms with Crippen LogP contribution in [0.3, 0.4) is 0 Å². The fraction of sp³-hybridized carbons (Fsp3) is 0.314. The molecule has 0 bridgehead atoms. The first kappa shape index (κ1) is 38.0. The van der Waals surface area contributed by atoms with Crippen LogP contribution in [0.2, 0.25) is 0 Å². The van der Waals surface area contributed by atoms with Gasteiger partial charge in [0.25, 0.3) is 5.91 Å². The van der Waals surface area contributed by atoms with Gasteiger partial charge in [-0.15, -0.1) is 0 Å². The molecule has 7 nitrogen and oxygen atoms in total. The number of hydrogen-bond acceptors (Lipinski definition) is 5. The van der Waals surface area contributed by atoms with Gasteiger partial charge in [-0.3, -0.25) is 4.79 Å². The molecule has 12 heteroatoms. The summed E-state index contributed by atoms with van der Waals surface area (Å²) in [4.78, 5) is 25.0. The fourth-order valence-electron chi connectivity index (χ4n) is 5.62. The van der Waals surface area contributed by atoms with Crippen LogP contribution >= 0.6 is 0 Å². The first-order valence-electron chi connectivity index (χ1n) is 14.8. The maximum atomic E-state index is 14.1. The number of aromatic nitrogens is 1. The third-order valence-electron chi connectivity index (χ3n) is 7.60. The Kier molecular flexibility index (Phi) is 13.4. The molecule has 3 aromatic carbocycles. The Labute approximate surface area is 292 Å². The number of carbonyl (C=O) groups is 2. The van der Waals surface area contributed by atoms with Crippen molar-refractivity contribution in [3.8, 4) is 22.3 Å². The molecule has 4 aromatic rings. The van der Waals surface area contributed by atoms with Gasteiger partial charge in [0.2, 0.25) is 0 Å². The molecule has 4 rings (SSSR count). The summed E-state index contributed by atoms with van der Waals surface area (Å²) in [6.07, 6.45) is -7.52. The Balaban J connectivity index is 0.00000600. The molecule has 0 aliphatic heterocycles. The number of alkyl halides is 3. The Morgan fingerprint density at radius 3 is 2.13 bits per heavy atom. The minimum atomic E-state index is -4.54. The average Bonchev–Trinajstić information content (AvgIpc) is 3.34. The summed E-state index contributed by atoms with van der Waals surface area (Å²) in [5.74, 6) is -2.46. The zero-order valence-electron chi connectivity index (χ0n) is 26.4. The van der Waals surface area contributed by atoms with Gasteiger partial charge in [0.1, 0.15) is 11.5 Å². The van der Waals surface area contributed by atoms with E-state index in [1.165, 1.54) is 24.3 Å². The summed E-state index contributed by atoms with van der Waals surface area (Å²) in [5.41, 5.74) is 2.65. The summed E-state index contributed by atoms with van der Waals surface area (Å²) in [6.45, 7) is 3.53. The Morgan fingerprint density at radius 1 is 0.894 bits per heavy atom. The van der Waals surface area contributed by atoms with Crippen LogP contribution in [0, 0.1) is 5.82 Å². The van der Waals surface area contributed by atoms with Crippen molar-refractivity contribution in [3.05, 3.63) is 107 Å². The van der Waals surface area contributed by atoms with Gasteiger partial charge in [-0.05, 0) is 74.1 Å². The van der Waals surface area contributed by atoms with Crippen molar-refractivity contribution in [2.24, 2.45) is 0 Å². The molecule has 0 saturated carbocycles. The molecule has 47 heavy (non-hydrogen) atoms. The third-order valence-corrected chi connectivity index (χ3v) is 7.60. The Morgan fingerprint density at radius 2 is 1.53 bits per heavy atom. The maximum absolute atomic E-state index is 14.1. The van der Waals surface area contributed by atoms with Crippen LogP contribution in [-0.4, -0.2) is 38.9 Å². The van der Waals surface area contributed by atoms with Crippen molar-refractivity contribution in [3.63, 3.8) is 0 Å².